The molecule has 2 N–H and O–H groups in total. The Labute approximate surface area is 64.5 Å². The van der Waals surface area contributed by atoms with Gasteiger partial charge in [0.25, 0.3) is 0 Å². The minimum absolute atomic E-state index is 0.771. The zero-order valence-corrected chi connectivity index (χ0v) is 6.28. The highest BCUT2D eigenvalue weighted by atomic mass is 15.0. The number of hydrogen-bond acceptors (Lipinski definition) is 2. The van der Waals surface area contributed by atoms with Gasteiger partial charge in [0.1, 0.15) is 5.82 Å². The predicted molar refractivity (Wildman–Crippen MR) is 45.1 cm³/mol. The van der Waals surface area contributed by atoms with Gasteiger partial charge in [-0.05, 0) is 12.1 Å². The molecule has 0 atom stereocenters. The Hall–Kier alpha value is -1.51. The highest BCUT2D eigenvalue weighted by Gasteiger charge is 1.99. The average Bonchev–Trinajstić information content (AvgIpc) is 2.30. The fourth-order valence-corrected chi connectivity index (χ4v) is 1.21. The Kier molecular flexibility index (Phi) is 1.12. The fourth-order valence-electron chi connectivity index (χ4n) is 1.21. The summed E-state index contributed by atoms with van der Waals surface area (Å²) in [5.41, 5.74) is 6.81. The monoisotopic (exact) mass is 147 g/mol. The van der Waals surface area contributed by atoms with Gasteiger partial charge < -0.3 is 10.3 Å². The van der Waals surface area contributed by atoms with Crippen LogP contribution < -0.4 is 5.73 Å². The van der Waals surface area contributed by atoms with E-state index in [1.165, 1.54) is 0 Å². The van der Waals surface area contributed by atoms with Crippen molar-refractivity contribution in [3.05, 3.63) is 24.5 Å². The summed E-state index contributed by atoms with van der Waals surface area (Å²) in [7, 11) is 1.94. The Morgan fingerprint density at radius 1 is 1.55 bits per heavy atom. The maximum absolute atomic E-state index is 5.69. The smallest absolute Gasteiger partial charge is 0.104 e. The first-order valence-corrected chi connectivity index (χ1v) is 3.44. The number of nitrogens with two attached hydrogens (primary N) is 1. The lowest BCUT2D eigenvalue weighted by molar-refractivity contribution is 0.982. The number of rotatable bonds is 0. The summed E-state index contributed by atoms with van der Waals surface area (Å²) in [6.45, 7) is 0. The van der Waals surface area contributed by atoms with Crippen LogP contribution in [0.4, 0.5) is 5.82 Å². The minimum Gasteiger partial charge on any atom is -0.385 e. The molecule has 0 saturated heterocycles. The summed E-state index contributed by atoms with van der Waals surface area (Å²) in [5.74, 6) is 0.771. The molecule has 0 aromatic carbocycles. The summed E-state index contributed by atoms with van der Waals surface area (Å²) < 4.78 is 1.94. The average molecular weight is 147 g/mol. The standard InChI is InChI=1S/C8H9N3/c1-11-7-2-3-10-5-6(7)4-8(11)9/h2-5H,9H2,1H3. The van der Waals surface area contributed by atoms with Crippen LogP contribution in [0, 0.1) is 0 Å². The first-order valence-electron chi connectivity index (χ1n) is 3.44. The van der Waals surface area contributed by atoms with Crippen molar-refractivity contribution >= 4 is 16.7 Å². The van der Waals surface area contributed by atoms with Crippen molar-refractivity contribution < 1.29 is 0 Å². The molecule has 0 amide bonds. The second-order valence-corrected chi connectivity index (χ2v) is 2.56. The molecule has 0 spiro atoms. The van der Waals surface area contributed by atoms with Crippen LogP contribution in [-0.2, 0) is 7.05 Å². The van der Waals surface area contributed by atoms with Gasteiger partial charge in [0, 0.05) is 24.8 Å². The Balaban J connectivity index is 2.92. The van der Waals surface area contributed by atoms with Gasteiger partial charge in [-0.25, -0.2) is 0 Å². The summed E-state index contributed by atoms with van der Waals surface area (Å²) >= 11 is 0. The molecule has 0 radical (unpaired) electrons. The van der Waals surface area contributed by atoms with Crippen LogP contribution in [0.3, 0.4) is 0 Å². The van der Waals surface area contributed by atoms with Crippen LogP contribution >= 0.6 is 0 Å². The summed E-state index contributed by atoms with van der Waals surface area (Å²) in [6, 6.07) is 3.87. The van der Waals surface area contributed by atoms with Crippen molar-refractivity contribution in [3.63, 3.8) is 0 Å². The lowest BCUT2D eigenvalue weighted by Gasteiger charge is -1.95. The first kappa shape index (κ1) is 6.22. The molecule has 11 heavy (non-hydrogen) atoms. The van der Waals surface area contributed by atoms with Crippen molar-refractivity contribution in [2.75, 3.05) is 5.73 Å². The van der Waals surface area contributed by atoms with Gasteiger partial charge in [0.2, 0.25) is 0 Å². The van der Waals surface area contributed by atoms with E-state index in [4.69, 9.17) is 5.73 Å². The molecule has 0 aliphatic heterocycles. The highest BCUT2D eigenvalue weighted by molar-refractivity contribution is 5.83. The molecule has 2 rings (SSSR count). The third kappa shape index (κ3) is 0.774. The molecule has 2 aromatic heterocycles. The number of pyridine rings is 1. The normalized spacial score (nSPS) is 10.6. The third-order valence-electron chi connectivity index (χ3n) is 1.88. The highest BCUT2D eigenvalue weighted by Crippen LogP contribution is 2.17. The molecular weight excluding hydrogens is 138 g/mol. The van der Waals surface area contributed by atoms with Gasteiger partial charge in [-0.2, -0.15) is 0 Å². The van der Waals surface area contributed by atoms with Crippen molar-refractivity contribution in [2.45, 2.75) is 0 Å². The lowest BCUT2D eigenvalue weighted by atomic mass is 10.3. The molecule has 2 heterocycles. The van der Waals surface area contributed by atoms with Gasteiger partial charge in [-0.3, -0.25) is 4.98 Å². The SMILES string of the molecule is Cn1c(N)cc2cnccc21. The van der Waals surface area contributed by atoms with E-state index in [2.05, 4.69) is 4.98 Å². The van der Waals surface area contributed by atoms with Gasteiger partial charge >= 0.3 is 0 Å². The molecule has 2 aromatic rings. The van der Waals surface area contributed by atoms with E-state index >= 15 is 0 Å². The molecule has 0 saturated carbocycles. The maximum Gasteiger partial charge on any atom is 0.104 e. The zero-order chi connectivity index (χ0) is 7.84. The molecule has 56 valence electrons. The van der Waals surface area contributed by atoms with Crippen molar-refractivity contribution in [2.24, 2.45) is 7.05 Å². The van der Waals surface area contributed by atoms with E-state index in [9.17, 15) is 0 Å². The third-order valence-corrected chi connectivity index (χ3v) is 1.88. The molecule has 0 fully saturated rings. The quantitative estimate of drug-likeness (QED) is 0.607. The molecule has 0 aliphatic carbocycles. The first-order chi connectivity index (χ1) is 5.29. The molecule has 3 heteroatoms. The van der Waals surface area contributed by atoms with E-state index in [1.54, 1.807) is 6.20 Å². The van der Waals surface area contributed by atoms with E-state index < -0.39 is 0 Å². The molecule has 0 aliphatic rings. The predicted octanol–water partition coefficient (Wildman–Crippen LogP) is 1.16. The number of hydrogen-bond donors (Lipinski definition) is 1. The van der Waals surface area contributed by atoms with Crippen LogP contribution in [0.2, 0.25) is 0 Å². The molecule has 0 unspecified atom stereocenters. The van der Waals surface area contributed by atoms with E-state index in [0.717, 1.165) is 16.7 Å². The van der Waals surface area contributed by atoms with E-state index in [-0.39, 0.29) is 0 Å². The van der Waals surface area contributed by atoms with Crippen LogP contribution in [0.5, 0.6) is 0 Å². The number of aromatic nitrogens is 2. The van der Waals surface area contributed by atoms with Crippen molar-refractivity contribution in [3.8, 4) is 0 Å². The van der Waals surface area contributed by atoms with Crippen LogP contribution in [0.1, 0.15) is 0 Å². The Morgan fingerprint density at radius 3 is 3.09 bits per heavy atom. The summed E-state index contributed by atoms with van der Waals surface area (Å²) in [5, 5.41) is 1.09. The fraction of sp³-hybridized carbons (Fsp3) is 0.125. The van der Waals surface area contributed by atoms with Gasteiger partial charge in [-0.1, -0.05) is 0 Å². The minimum atomic E-state index is 0.771. The second kappa shape index (κ2) is 1.99. The van der Waals surface area contributed by atoms with E-state index in [0.29, 0.717) is 0 Å². The van der Waals surface area contributed by atoms with Crippen LogP contribution in [0.15, 0.2) is 24.5 Å². The van der Waals surface area contributed by atoms with Crippen LogP contribution in [-0.4, -0.2) is 9.55 Å². The lowest BCUT2D eigenvalue weighted by Crippen LogP contribution is -1.94. The zero-order valence-electron chi connectivity index (χ0n) is 6.28. The van der Waals surface area contributed by atoms with Gasteiger partial charge in [0.15, 0.2) is 0 Å². The number of fused-ring (bicyclic) bond motifs is 1. The molecule has 3 nitrogen and oxygen atoms in total. The Morgan fingerprint density at radius 2 is 2.36 bits per heavy atom. The van der Waals surface area contributed by atoms with Crippen molar-refractivity contribution in [1.29, 1.82) is 0 Å². The number of nitrogens with zero attached hydrogens (tertiary/aromatic N) is 2. The Bertz CT molecular complexity index is 389. The second-order valence-electron chi connectivity index (χ2n) is 2.56. The molecule has 0 bridgehead atoms. The van der Waals surface area contributed by atoms with E-state index in [1.807, 2.05) is 29.9 Å². The largest absolute Gasteiger partial charge is 0.385 e. The number of anilines is 1. The topological polar surface area (TPSA) is 43.8 Å². The summed E-state index contributed by atoms with van der Waals surface area (Å²) in [6.07, 6.45) is 3.58. The van der Waals surface area contributed by atoms with Crippen LogP contribution in [0.25, 0.3) is 10.9 Å². The van der Waals surface area contributed by atoms with Gasteiger partial charge in [-0.15, -0.1) is 0 Å². The summed E-state index contributed by atoms with van der Waals surface area (Å²) in [4.78, 5) is 4.00. The maximum atomic E-state index is 5.69. The van der Waals surface area contributed by atoms with Crippen molar-refractivity contribution in [1.82, 2.24) is 9.55 Å². The molecular formula is C8H9N3. The number of aryl methyl sites for hydroxylation is 1. The van der Waals surface area contributed by atoms with Gasteiger partial charge in [0.05, 0.1) is 5.52 Å². The number of nitrogen functional groups attached to an aromatic ring is 1.